The first kappa shape index (κ1) is 7.59. The van der Waals surface area contributed by atoms with Crippen molar-refractivity contribution in [1.82, 2.24) is 0 Å². The summed E-state index contributed by atoms with van der Waals surface area (Å²) in [5, 5.41) is 0. The Bertz CT molecular complexity index is 124. The van der Waals surface area contributed by atoms with E-state index < -0.39 is 16.4 Å². The Labute approximate surface area is 46.4 Å². The van der Waals surface area contributed by atoms with Crippen molar-refractivity contribution in [2.75, 3.05) is 0 Å². The third-order valence-electron chi connectivity index (χ3n) is 0.187. The molecule has 44 valence electrons. The second kappa shape index (κ2) is 2.24. The zero-order valence-electron chi connectivity index (χ0n) is 2.94. The Kier molecular flexibility index (Phi) is 2.43. The van der Waals surface area contributed by atoms with Crippen LogP contribution in [-0.2, 0) is 14.2 Å². The van der Waals surface area contributed by atoms with E-state index in [1.807, 2.05) is 0 Å². The van der Waals surface area contributed by atoms with Crippen molar-refractivity contribution >= 4 is 27.1 Å². The van der Waals surface area contributed by atoms with Gasteiger partial charge in [-0.1, -0.05) is 0 Å². The van der Waals surface area contributed by atoms with Crippen LogP contribution in [0.2, 0.25) is 0 Å². The molecule has 0 amide bonds. The monoisotopic (exact) mass is 164 g/mol. The Hall–Kier alpha value is 0.590. The largest absolute Gasteiger partial charge is 0.428 e. The molecule has 0 radical (unpaired) electrons. The van der Waals surface area contributed by atoms with E-state index in [9.17, 15) is 8.77 Å². The average Bonchev–Trinajstić information content (AvgIpc) is 1.31. The van der Waals surface area contributed by atoms with Gasteiger partial charge < -0.3 is 9.79 Å². The van der Waals surface area contributed by atoms with Gasteiger partial charge in [0, 0.05) is 10.7 Å². The van der Waals surface area contributed by atoms with Crippen LogP contribution in [-0.4, -0.2) is 14.0 Å². The molecular formula is H2ClO4PS. The zero-order valence-corrected chi connectivity index (χ0v) is 5.41. The first-order chi connectivity index (χ1) is 2.94. The maximum absolute atomic E-state index is 9.59. The van der Waals surface area contributed by atoms with E-state index in [-0.39, 0.29) is 0 Å². The number of rotatable bonds is 1. The maximum Gasteiger partial charge on any atom is 0.428 e. The standard InChI is InChI=1S/ClH2O4PS/c1-7(5)6(2,3)4/h(H2,2,3,4). The molecule has 1 atom stereocenters. The topological polar surface area (TPSA) is 74.6 Å². The summed E-state index contributed by atoms with van der Waals surface area (Å²) in [6.07, 6.45) is 0. The molecule has 1 unspecified atom stereocenters. The Morgan fingerprint density at radius 3 is 1.71 bits per heavy atom. The van der Waals surface area contributed by atoms with Crippen LogP contribution < -0.4 is 0 Å². The fourth-order valence-corrected chi connectivity index (χ4v) is 0. The van der Waals surface area contributed by atoms with Crippen LogP contribution >= 0.6 is 17.5 Å². The minimum atomic E-state index is -4.50. The van der Waals surface area contributed by atoms with Crippen LogP contribution in [0.4, 0.5) is 0 Å². The van der Waals surface area contributed by atoms with Crippen LogP contribution in [0.5, 0.6) is 0 Å². The molecule has 7 heavy (non-hydrogen) atoms. The van der Waals surface area contributed by atoms with Crippen molar-refractivity contribution in [3.63, 3.8) is 0 Å². The number of halogens is 1. The Morgan fingerprint density at radius 1 is 1.57 bits per heavy atom. The third-order valence-corrected chi connectivity index (χ3v) is 3.30. The van der Waals surface area contributed by atoms with Crippen LogP contribution in [0.3, 0.4) is 0 Å². The minimum Gasteiger partial charge on any atom is -0.314 e. The van der Waals surface area contributed by atoms with Gasteiger partial charge in [-0.15, -0.1) is 0 Å². The molecule has 0 aromatic carbocycles. The van der Waals surface area contributed by atoms with Crippen molar-refractivity contribution < 1.29 is 18.6 Å². The summed E-state index contributed by atoms with van der Waals surface area (Å²) in [4.78, 5) is 15.5. The first-order valence-corrected chi connectivity index (χ1v) is 5.28. The summed E-state index contributed by atoms with van der Waals surface area (Å²) >= 11 is 0. The van der Waals surface area contributed by atoms with Gasteiger partial charge in [0.15, 0.2) is 0 Å². The third kappa shape index (κ3) is 3.20. The molecule has 0 bridgehead atoms. The lowest BCUT2D eigenvalue weighted by atomic mass is 15.8. The van der Waals surface area contributed by atoms with Crippen molar-refractivity contribution in [2.45, 2.75) is 0 Å². The van der Waals surface area contributed by atoms with Crippen LogP contribution in [0.25, 0.3) is 0 Å². The molecular weight excluding hydrogens is 162 g/mol. The van der Waals surface area contributed by atoms with E-state index in [0.717, 1.165) is 0 Å². The maximum atomic E-state index is 9.59. The van der Waals surface area contributed by atoms with Crippen LogP contribution in [0.15, 0.2) is 0 Å². The summed E-state index contributed by atoms with van der Waals surface area (Å²) in [6.45, 7) is -4.50. The number of hydrogen-bond donors (Lipinski definition) is 2. The Morgan fingerprint density at radius 2 is 1.71 bits per heavy atom. The highest BCUT2D eigenvalue weighted by molar-refractivity contribution is 8.56. The van der Waals surface area contributed by atoms with Crippen molar-refractivity contribution in [3.8, 4) is 0 Å². The highest BCUT2D eigenvalue weighted by Gasteiger charge is 2.20. The fourth-order valence-electron chi connectivity index (χ4n) is 0. The van der Waals surface area contributed by atoms with E-state index >= 15 is 0 Å². The van der Waals surface area contributed by atoms with Gasteiger partial charge in [0.2, 0.25) is 9.63 Å². The first-order valence-electron chi connectivity index (χ1n) is 1.09. The zero-order chi connectivity index (χ0) is 6.08. The van der Waals surface area contributed by atoms with Gasteiger partial charge in [0.25, 0.3) is 0 Å². The van der Waals surface area contributed by atoms with Crippen LogP contribution in [0, 0.1) is 0 Å². The minimum absolute atomic E-state index is 2.54. The SMILES string of the molecule is O=S(Cl)P(=O)(O)O. The lowest BCUT2D eigenvalue weighted by molar-refractivity contribution is 0.395. The van der Waals surface area contributed by atoms with E-state index in [1.165, 1.54) is 0 Å². The molecule has 0 aromatic rings. The second-order valence-electron chi connectivity index (χ2n) is 0.697. The molecule has 4 nitrogen and oxygen atoms in total. The van der Waals surface area contributed by atoms with Crippen molar-refractivity contribution in [1.29, 1.82) is 0 Å². The van der Waals surface area contributed by atoms with E-state index in [0.29, 0.717) is 0 Å². The molecule has 0 aliphatic rings. The summed E-state index contributed by atoms with van der Waals surface area (Å²) in [6, 6.07) is 0. The number of hydrogen-bond acceptors (Lipinski definition) is 2. The molecule has 0 spiro atoms. The molecule has 0 aromatic heterocycles. The van der Waals surface area contributed by atoms with Gasteiger partial charge in [-0.2, -0.15) is 0 Å². The Balaban J connectivity index is 4.09. The molecule has 0 aliphatic heterocycles. The molecule has 0 rings (SSSR count). The van der Waals surface area contributed by atoms with Gasteiger partial charge in [-0.3, -0.25) is 0 Å². The lowest BCUT2D eigenvalue weighted by Gasteiger charge is -1.90. The van der Waals surface area contributed by atoms with Gasteiger partial charge in [0.1, 0.15) is 0 Å². The molecule has 0 saturated carbocycles. The molecule has 0 aliphatic carbocycles. The summed E-state index contributed by atoms with van der Waals surface area (Å²) < 4.78 is 19.2. The molecule has 2 N–H and O–H groups in total. The van der Waals surface area contributed by atoms with Crippen LogP contribution in [0.1, 0.15) is 0 Å². The van der Waals surface area contributed by atoms with Gasteiger partial charge >= 0.3 is 6.80 Å². The fraction of sp³-hybridized carbons (Fsp3) is 0. The molecule has 0 saturated heterocycles. The van der Waals surface area contributed by atoms with Gasteiger partial charge in [0.05, 0.1) is 0 Å². The normalized spacial score (nSPS) is 16.4. The molecule has 0 fully saturated rings. The molecule has 0 heterocycles. The summed E-state index contributed by atoms with van der Waals surface area (Å²) in [5.41, 5.74) is 0. The predicted molar refractivity (Wildman–Crippen MR) is 26.0 cm³/mol. The lowest BCUT2D eigenvalue weighted by Crippen LogP contribution is -1.77. The van der Waals surface area contributed by atoms with Crippen molar-refractivity contribution in [3.05, 3.63) is 0 Å². The van der Waals surface area contributed by atoms with E-state index in [2.05, 4.69) is 10.7 Å². The highest BCUT2D eigenvalue weighted by Crippen LogP contribution is 2.41. The smallest absolute Gasteiger partial charge is 0.314 e. The average molecular weight is 165 g/mol. The summed E-state index contributed by atoms with van der Waals surface area (Å²) in [5.74, 6) is 0. The van der Waals surface area contributed by atoms with E-state index in [1.54, 1.807) is 0 Å². The predicted octanol–water partition coefficient (Wildman–Crippen LogP) is -0.0184. The quantitative estimate of drug-likeness (QED) is 0.422. The van der Waals surface area contributed by atoms with Crippen molar-refractivity contribution in [2.24, 2.45) is 0 Å². The van der Waals surface area contributed by atoms with E-state index in [4.69, 9.17) is 9.79 Å². The van der Waals surface area contributed by atoms with Gasteiger partial charge in [-0.05, 0) is 0 Å². The summed E-state index contributed by atoms with van der Waals surface area (Å²) in [7, 11) is 1.92. The highest BCUT2D eigenvalue weighted by atomic mass is 35.7. The molecule has 7 heteroatoms. The second-order valence-corrected chi connectivity index (χ2v) is 6.00. The van der Waals surface area contributed by atoms with Gasteiger partial charge in [-0.25, -0.2) is 8.77 Å².